The molecule has 35 heavy (non-hydrogen) atoms. The molecule has 2 heterocycles. The molecule has 1 aliphatic heterocycles. The Hall–Kier alpha value is -3.30. The van der Waals surface area contributed by atoms with Gasteiger partial charge in [0.25, 0.3) is 5.56 Å². The van der Waals surface area contributed by atoms with Crippen molar-refractivity contribution in [3.05, 3.63) is 22.1 Å². The van der Waals surface area contributed by atoms with Gasteiger partial charge in [-0.3, -0.25) is 23.9 Å². The number of nitriles is 1. The van der Waals surface area contributed by atoms with Gasteiger partial charge in [-0.1, -0.05) is 34.6 Å². The van der Waals surface area contributed by atoms with Gasteiger partial charge in [0, 0.05) is 19.8 Å². The van der Waals surface area contributed by atoms with Crippen LogP contribution in [0.25, 0.3) is 0 Å². The number of aryl methyl sites for hydroxylation is 1. The Morgan fingerprint density at radius 1 is 1.23 bits per heavy atom. The Morgan fingerprint density at radius 2 is 1.83 bits per heavy atom. The van der Waals surface area contributed by atoms with Gasteiger partial charge in [0.05, 0.1) is 11.6 Å². The fourth-order valence-corrected chi connectivity index (χ4v) is 4.94. The smallest absolute Gasteiger partial charge is 0.336 e. The number of H-pyrrole nitrogens is 1. The maximum absolute atomic E-state index is 13.5. The highest BCUT2D eigenvalue weighted by Gasteiger charge is 2.70. The molecule has 0 bridgehead atoms. The summed E-state index contributed by atoms with van der Waals surface area (Å²) in [6.45, 7) is 8.48. The molecule has 1 saturated heterocycles. The van der Waals surface area contributed by atoms with Gasteiger partial charge < -0.3 is 20.6 Å². The van der Waals surface area contributed by atoms with Crippen molar-refractivity contribution in [1.29, 1.82) is 5.26 Å². The lowest BCUT2D eigenvalue weighted by Crippen LogP contribution is -2.60. The number of rotatable bonds is 5. The Morgan fingerprint density at radius 3 is 2.29 bits per heavy atom. The number of nitrogens with zero attached hydrogens (tertiary/aromatic N) is 3. The molecule has 2 aliphatic rings. The van der Waals surface area contributed by atoms with Gasteiger partial charge in [0.2, 0.25) is 11.8 Å². The Labute approximate surface area is 199 Å². The molecule has 5 atom stereocenters. The molecule has 1 aromatic heterocycles. The van der Waals surface area contributed by atoms with E-state index >= 15 is 0 Å². The van der Waals surface area contributed by atoms with E-state index in [4.69, 9.17) is 0 Å². The summed E-state index contributed by atoms with van der Waals surface area (Å²) in [6.07, 6.45) is -3.89. The summed E-state index contributed by atoms with van der Waals surface area (Å²) in [7, 11) is 1.44. The van der Waals surface area contributed by atoms with E-state index in [1.807, 2.05) is 19.9 Å². The van der Waals surface area contributed by atoms with E-state index in [0.29, 0.717) is 0 Å². The zero-order chi connectivity index (χ0) is 26.7. The molecule has 13 heteroatoms. The summed E-state index contributed by atoms with van der Waals surface area (Å²) >= 11 is 0. The molecule has 3 N–H and O–H groups in total. The van der Waals surface area contributed by atoms with Crippen LogP contribution in [-0.4, -0.2) is 57.2 Å². The van der Waals surface area contributed by atoms with Crippen molar-refractivity contribution in [2.45, 2.75) is 58.9 Å². The van der Waals surface area contributed by atoms with Crippen LogP contribution in [0.1, 0.15) is 46.2 Å². The van der Waals surface area contributed by atoms with E-state index in [0.717, 1.165) is 4.68 Å². The van der Waals surface area contributed by atoms with Gasteiger partial charge in [0.1, 0.15) is 18.1 Å². The number of piperidine rings is 1. The van der Waals surface area contributed by atoms with Crippen molar-refractivity contribution in [1.82, 2.24) is 25.3 Å². The number of aromatic amines is 1. The first-order valence-corrected chi connectivity index (χ1v) is 11.0. The minimum absolute atomic E-state index is 0.0100. The van der Waals surface area contributed by atoms with Crippen molar-refractivity contribution in [3.8, 4) is 6.07 Å². The molecule has 0 aromatic carbocycles. The summed E-state index contributed by atoms with van der Waals surface area (Å²) in [5.74, 6) is -4.13. The summed E-state index contributed by atoms with van der Waals surface area (Å²) in [5.41, 5.74) is -1.90. The molecule has 2 fully saturated rings. The first-order chi connectivity index (χ1) is 15.9. The number of halogens is 3. The van der Waals surface area contributed by atoms with Gasteiger partial charge in [-0.15, -0.1) is 0 Å². The third-order valence-corrected chi connectivity index (χ3v) is 7.10. The van der Waals surface area contributed by atoms with Crippen LogP contribution in [-0.2, 0) is 21.4 Å². The first-order valence-electron chi connectivity index (χ1n) is 11.0. The number of carbonyl (C=O) groups is 3. The summed E-state index contributed by atoms with van der Waals surface area (Å²) in [4.78, 5) is 51.9. The second kappa shape index (κ2) is 8.42. The quantitative estimate of drug-likeness (QED) is 0.555. The minimum atomic E-state index is -5.18. The molecule has 0 spiro atoms. The Kier molecular flexibility index (Phi) is 6.33. The Bertz CT molecular complexity index is 1140. The van der Waals surface area contributed by atoms with Crippen LogP contribution >= 0.6 is 0 Å². The van der Waals surface area contributed by atoms with Gasteiger partial charge >= 0.3 is 12.1 Å². The number of hydrogen-bond acceptors (Lipinski definition) is 5. The van der Waals surface area contributed by atoms with Crippen molar-refractivity contribution in [2.75, 3.05) is 6.54 Å². The van der Waals surface area contributed by atoms with E-state index in [-0.39, 0.29) is 29.4 Å². The van der Waals surface area contributed by atoms with Crippen LogP contribution in [0, 0.1) is 34.0 Å². The number of carbonyl (C=O) groups excluding carboxylic acids is 3. The number of nitrogens with one attached hydrogen (secondary N) is 3. The third-order valence-electron chi connectivity index (χ3n) is 7.10. The molecule has 192 valence electrons. The van der Waals surface area contributed by atoms with Gasteiger partial charge in [-0.2, -0.15) is 18.4 Å². The molecule has 5 unspecified atom stereocenters. The number of likely N-dealkylation sites (tertiary alicyclic amines) is 1. The van der Waals surface area contributed by atoms with Crippen LogP contribution in [0.4, 0.5) is 13.2 Å². The van der Waals surface area contributed by atoms with Gasteiger partial charge in [-0.25, -0.2) is 0 Å². The van der Waals surface area contributed by atoms with Crippen LogP contribution in [0.2, 0.25) is 0 Å². The van der Waals surface area contributed by atoms with E-state index in [1.165, 1.54) is 38.9 Å². The molecule has 3 amide bonds. The topological polar surface area (TPSA) is 140 Å². The molecule has 10 nitrogen and oxygen atoms in total. The molecular formula is C22H29F3N6O4. The monoisotopic (exact) mass is 498 g/mol. The largest absolute Gasteiger partial charge is 0.471 e. The summed E-state index contributed by atoms with van der Waals surface area (Å²) < 4.78 is 39.9. The maximum Gasteiger partial charge on any atom is 0.471 e. The maximum atomic E-state index is 13.5. The molecule has 1 saturated carbocycles. The molecule has 3 rings (SSSR count). The van der Waals surface area contributed by atoms with E-state index in [1.54, 1.807) is 5.32 Å². The lowest BCUT2D eigenvalue weighted by Gasteiger charge is -2.37. The highest BCUT2D eigenvalue weighted by molar-refractivity contribution is 5.95. The molecule has 0 radical (unpaired) electrons. The highest BCUT2D eigenvalue weighted by atomic mass is 19.4. The molecule has 1 aromatic rings. The predicted octanol–water partition coefficient (Wildman–Crippen LogP) is 0.970. The van der Waals surface area contributed by atoms with Crippen LogP contribution < -0.4 is 16.2 Å². The molecule has 1 aliphatic carbocycles. The number of amides is 3. The van der Waals surface area contributed by atoms with Crippen molar-refractivity contribution < 1.29 is 27.6 Å². The van der Waals surface area contributed by atoms with Crippen molar-refractivity contribution in [2.24, 2.45) is 29.7 Å². The summed E-state index contributed by atoms with van der Waals surface area (Å²) in [5, 5.41) is 16.5. The van der Waals surface area contributed by atoms with E-state index in [2.05, 4.69) is 10.4 Å². The van der Waals surface area contributed by atoms with E-state index in [9.17, 15) is 37.6 Å². The normalized spacial score (nSPS) is 24.7. The third kappa shape index (κ3) is 4.66. The zero-order valence-corrected chi connectivity index (χ0v) is 20.3. The van der Waals surface area contributed by atoms with Crippen molar-refractivity contribution >= 4 is 17.7 Å². The molecular weight excluding hydrogens is 469 g/mol. The SMILES string of the molecule is Cn1[nH]cc(C(C#N)NC(=O)C2C3C(CN2C(=O)C(NC(=O)C(F)(F)F)C(C)(C)C)C3(C)C)c1=O. The van der Waals surface area contributed by atoms with E-state index < -0.39 is 53.0 Å². The average molecular weight is 499 g/mol. The lowest BCUT2D eigenvalue weighted by atomic mass is 9.85. The standard InChI is InChI=1S/C22H29F3N6O4/c1-20(2,3)15(29-19(35)22(23,24)25)18(34)31-9-11-13(21(11,4)5)14(31)16(32)28-12(7-26)10-8-27-30(6)17(10)33/h8,11-15,27H,9H2,1-6H3,(H,28,32)(H,29,35). The van der Waals surface area contributed by atoms with Gasteiger partial charge in [-0.05, 0) is 22.7 Å². The second-order valence-corrected chi connectivity index (χ2v) is 10.8. The van der Waals surface area contributed by atoms with Crippen LogP contribution in [0.15, 0.2) is 11.0 Å². The van der Waals surface area contributed by atoms with Crippen molar-refractivity contribution in [3.63, 3.8) is 0 Å². The highest BCUT2D eigenvalue weighted by Crippen LogP contribution is 2.65. The lowest BCUT2D eigenvalue weighted by molar-refractivity contribution is -0.176. The minimum Gasteiger partial charge on any atom is -0.336 e. The number of hydrogen-bond donors (Lipinski definition) is 3. The fraction of sp³-hybridized carbons (Fsp3) is 0.682. The summed E-state index contributed by atoms with van der Waals surface area (Å²) in [6, 6.07) is -2.06. The van der Waals surface area contributed by atoms with Crippen LogP contribution in [0.5, 0.6) is 0 Å². The van der Waals surface area contributed by atoms with Gasteiger partial charge in [0.15, 0.2) is 0 Å². The number of aromatic nitrogens is 2. The zero-order valence-electron chi connectivity index (χ0n) is 20.3. The Balaban J connectivity index is 1.90. The predicted molar refractivity (Wildman–Crippen MR) is 116 cm³/mol. The number of alkyl halides is 3. The second-order valence-electron chi connectivity index (χ2n) is 10.8. The van der Waals surface area contributed by atoms with Crippen LogP contribution in [0.3, 0.4) is 0 Å². The first kappa shape index (κ1) is 26.3. The average Bonchev–Trinajstić information content (AvgIpc) is 3.05. The number of fused-ring (bicyclic) bond motifs is 1. The fourth-order valence-electron chi connectivity index (χ4n) is 4.94.